The molecule has 0 aromatic heterocycles. The molecule has 4 nitrogen and oxygen atoms in total. The van der Waals surface area contributed by atoms with Crippen LogP contribution in [0, 0.1) is 0 Å². The Labute approximate surface area is 156 Å². The van der Waals surface area contributed by atoms with Crippen molar-refractivity contribution in [3.05, 3.63) is 59.1 Å². The Hall–Kier alpha value is -1.98. The van der Waals surface area contributed by atoms with E-state index in [0.717, 1.165) is 17.1 Å². The summed E-state index contributed by atoms with van der Waals surface area (Å²) >= 11 is 7.11. The molecule has 2 aromatic rings. The highest BCUT2D eigenvalue weighted by molar-refractivity contribution is 8.14. The van der Waals surface area contributed by atoms with Crippen LogP contribution < -0.4 is 4.74 Å². The Balaban J connectivity index is 1.58. The van der Waals surface area contributed by atoms with Gasteiger partial charge in [0.05, 0.1) is 0 Å². The summed E-state index contributed by atoms with van der Waals surface area (Å²) in [4.78, 5) is 25.1. The van der Waals surface area contributed by atoms with Crippen LogP contribution >= 0.6 is 23.4 Å². The molecule has 0 spiro atoms. The van der Waals surface area contributed by atoms with Gasteiger partial charge in [0.1, 0.15) is 11.5 Å². The van der Waals surface area contributed by atoms with Crippen LogP contribution in [0.25, 0.3) is 0 Å². The number of benzene rings is 2. The maximum Gasteiger partial charge on any atom is 0.224 e. The van der Waals surface area contributed by atoms with E-state index < -0.39 is 0 Å². The first-order chi connectivity index (χ1) is 12.0. The molecule has 25 heavy (non-hydrogen) atoms. The number of carbonyl (C=O) groups excluding carboxylic acids is 2. The van der Waals surface area contributed by atoms with Gasteiger partial charge >= 0.3 is 0 Å². The number of amides is 1. The monoisotopic (exact) mass is 375 g/mol. The van der Waals surface area contributed by atoms with Crippen LogP contribution in [0.2, 0.25) is 5.02 Å². The standard InChI is InChI=1S/C19H18ClNO3S/c1-13(22)25-18-10-19(23)21(12-18)11-14-2-6-16(7-3-14)24-17-8-4-15(20)5-9-17/h2-9,18H,10-12H2,1H3. The molecule has 1 aliphatic rings. The van der Waals surface area contributed by atoms with E-state index in [4.69, 9.17) is 16.3 Å². The molecule has 3 rings (SSSR count). The lowest BCUT2D eigenvalue weighted by Gasteiger charge is -2.16. The van der Waals surface area contributed by atoms with Crippen molar-refractivity contribution in [1.82, 2.24) is 4.90 Å². The van der Waals surface area contributed by atoms with Crippen LogP contribution in [0.1, 0.15) is 18.9 Å². The second-order valence-corrected chi connectivity index (χ2v) is 7.82. The Bertz CT molecular complexity index is 761. The number of halogens is 1. The molecule has 0 N–H and O–H groups in total. The summed E-state index contributed by atoms with van der Waals surface area (Å²) in [5.41, 5.74) is 1.03. The molecule has 1 heterocycles. The number of likely N-dealkylation sites (tertiary alicyclic amines) is 1. The van der Waals surface area contributed by atoms with Crippen LogP contribution in [-0.2, 0) is 16.1 Å². The zero-order valence-corrected chi connectivity index (χ0v) is 15.3. The summed E-state index contributed by atoms with van der Waals surface area (Å²) in [6.45, 7) is 2.71. The third kappa shape index (κ3) is 5.00. The zero-order chi connectivity index (χ0) is 17.8. The highest BCUT2D eigenvalue weighted by Gasteiger charge is 2.30. The molecule has 1 amide bonds. The lowest BCUT2D eigenvalue weighted by Crippen LogP contribution is -2.24. The highest BCUT2D eigenvalue weighted by atomic mass is 35.5. The number of hydrogen-bond acceptors (Lipinski definition) is 4. The molecular weight excluding hydrogens is 358 g/mol. The van der Waals surface area contributed by atoms with Crippen molar-refractivity contribution in [2.75, 3.05) is 6.54 Å². The van der Waals surface area contributed by atoms with E-state index in [1.165, 1.54) is 18.7 Å². The largest absolute Gasteiger partial charge is 0.457 e. The molecular formula is C19H18ClNO3S. The first-order valence-corrected chi connectivity index (χ1v) is 9.23. The van der Waals surface area contributed by atoms with Crippen LogP contribution in [-0.4, -0.2) is 27.7 Å². The van der Waals surface area contributed by atoms with Crippen LogP contribution in [0.4, 0.5) is 0 Å². The number of nitrogens with zero attached hydrogens (tertiary/aromatic N) is 1. The minimum Gasteiger partial charge on any atom is -0.457 e. The van der Waals surface area contributed by atoms with E-state index in [-0.39, 0.29) is 16.3 Å². The van der Waals surface area contributed by atoms with E-state index in [0.29, 0.717) is 24.5 Å². The maximum atomic E-state index is 12.1. The predicted octanol–water partition coefficient (Wildman–Crippen LogP) is 4.51. The first-order valence-electron chi connectivity index (χ1n) is 7.97. The number of thioether (sulfide) groups is 1. The second-order valence-electron chi connectivity index (χ2n) is 5.91. The lowest BCUT2D eigenvalue weighted by molar-refractivity contribution is -0.128. The summed E-state index contributed by atoms with van der Waals surface area (Å²) in [6.07, 6.45) is 0.433. The topological polar surface area (TPSA) is 46.6 Å². The molecule has 0 radical (unpaired) electrons. The molecule has 1 unspecified atom stereocenters. The third-order valence-electron chi connectivity index (χ3n) is 3.86. The van der Waals surface area contributed by atoms with Crippen molar-refractivity contribution >= 4 is 34.4 Å². The fraction of sp³-hybridized carbons (Fsp3) is 0.263. The highest BCUT2D eigenvalue weighted by Crippen LogP contribution is 2.27. The smallest absolute Gasteiger partial charge is 0.224 e. The predicted molar refractivity (Wildman–Crippen MR) is 100 cm³/mol. The quantitative estimate of drug-likeness (QED) is 0.771. The average molecular weight is 376 g/mol. The molecule has 1 aliphatic heterocycles. The Kier molecular flexibility index (Phi) is 5.66. The summed E-state index contributed by atoms with van der Waals surface area (Å²) in [5, 5.41) is 0.792. The van der Waals surface area contributed by atoms with Gasteiger partial charge in [-0.3, -0.25) is 9.59 Å². The molecule has 130 valence electrons. The van der Waals surface area contributed by atoms with E-state index in [1.54, 1.807) is 17.0 Å². The van der Waals surface area contributed by atoms with Crippen LogP contribution in [0.5, 0.6) is 11.5 Å². The van der Waals surface area contributed by atoms with Gasteiger partial charge in [0.2, 0.25) is 5.91 Å². The molecule has 1 saturated heterocycles. The molecule has 1 fully saturated rings. The first kappa shape index (κ1) is 17.8. The van der Waals surface area contributed by atoms with E-state index in [2.05, 4.69) is 0 Å². The normalized spacial score (nSPS) is 17.0. The number of hydrogen-bond donors (Lipinski definition) is 0. The number of rotatable bonds is 5. The van der Waals surface area contributed by atoms with Crippen LogP contribution in [0.3, 0.4) is 0 Å². The van der Waals surface area contributed by atoms with Gasteiger partial charge in [-0.15, -0.1) is 0 Å². The third-order valence-corrected chi connectivity index (χ3v) is 5.09. The van der Waals surface area contributed by atoms with Crippen molar-refractivity contribution in [3.63, 3.8) is 0 Å². The van der Waals surface area contributed by atoms with Crippen molar-refractivity contribution in [2.45, 2.75) is 25.1 Å². The van der Waals surface area contributed by atoms with Gasteiger partial charge in [-0.25, -0.2) is 0 Å². The summed E-state index contributed by atoms with van der Waals surface area (Å²) in [6, 6.07) is 14.8. The van der Waals surface area contributed by atoms with Gasteiger partial charge in [-0.1, -0.05) is 35.5 Å². The van der Waals surface area contributed by atoms with Gasteiger partial charge in [0.15, 0.2) is 5.12 Å². The molecule has 0 bridgehead atoms. The van der Waals surface area contributed by atoms with Gasteiger partial charge < -0.3 is 9.64 Å². The average Bonchev–Trinajstić information content (AvgIpc) is 2.90. The zero-order valence-electron chi connectivity index (χ0n) is 13.8. The fourth-order valence-corrected chi connectivity index (χ4v) is 3.80. The fourth-order valence-electron chi connectivity index (χ4n) is 2.72. The maximum absolute atomic E-state index is 12.1. The van der Waals surface area contributed by atoms with E-state index >= 15 is 0 Å². The van der Waals surface area contributed by atoms with Gasteiger partial charge in [-0.2, -0.15) is 0 Å². The summed E-state index contributed by atoms with van der Waals surface area (Å²) in [5.74, 6) is 1.54. The van der Waals surface area contributed by atoms with Gasteiger partial charge in [0.25, 0.3) is 0 Å². The van der Waals surface area contributed by atoms with Crippen molar-refractivity contribution < 1.29 is 14.3 Å². The second kappa shape index (κ2) is 7.93. The summed E-state index contributed by atoms with van der Waals surface area (Å²) < 4.78 is 5.76. The number of carbonyl (C=O) groups is 2. The van der Waals surface area contributed by atoms with Crippen molar-refractivity contribution in [3.8, 4) is 11.5 Å². The molecule has 1 atom stereocenters. The molecule has 2 aromatic carbocycles. The lowest BCUT2D eigenvalue weighted by atomic mass is 10.2. The van der Waals surface area contributed by atoms with Crippen LogP contribution in [0.15, 0.2) is 48.5 Å². The Morgan fingerprint density at radius 1 is 1.16 bits per heavy atom. The summed E-state index contributed by atoms with van der Waals surface area (Å²) in [7, 11) is 0. The SMILES string of the molecule is CC(=O)SC1CC(=O)N(Cc2ccc(Oc3ccc(Cl)cc3)cc2)C1. The van der Waals surface area contributed by atoms with E-state index in [9.17, 15) is 9.59 Å². The van der Waals surface area contributed by atoms with Gasteiger partial charge in [0, 0.05) is 36.7 Å². The number of ether oxygens (including phenoxy) is 1. The molecule has 6 heteroatoms. The van der Waals surface area contributed by atoms with Gasteiger partial charge in [-0.05, 0) is 42.0 Å². The van der Waals surface area contributed by atoms with Crippen molar-refractivity contribution in [1.29, 1.82) is 0 Å². The minimum atomic E-state index is 0.0587. The van der Waals surface area contributed by atoms with E-state index in [1.807, 2.05) is 36.4 Å². The Morgan fingerprint density at radius 2 is 1.76 bits per heavy atom. The van der Waals surface area contributed by atoms with Crippen molar-refractivity contribution in [2.24, 2.45) is 0 Å². The minimum absolute atomic E-state index is 0.0587. The molecule has 0 aliphatic carbocycles. The Morgan fingerprint density at radius 3 is 2.36 bits per heavy atom. The molecule has 0 saturated carbocycles.